The number of hydrogen-bond donors (Lipinski definition) is 3. The van der Waals surface area contributed by atoms with Crippen LogP contribution in [0, 0.1) is 6.92 Å². The second kappa shape index (κ2) is 8.08. The molecule has 6 nitrogen and oxygen atoms in total. The van der Waals surface area contributed by atoms with Gasteiger partial charge in [0.2, 0.25) is 15.9 Å². The number of halogens is 1. The van der Waals surface area contributed by atoms with E-state index in [1.807, 2.05) is 0 Å². The molecule has 0 saturated heterocycles. The topological polar surface area (TPSA) is 87.3 Å². The standard InChI is InChI=1S/C12H19N3O3S.ClH/c1-9-4-5-10(14-12(16)6-7-13-2)8-11(9)15-19(3,17)18;/h4-5,8,13,15H,6-7H2,1-3H3,(H,14,16);1H. The Kier molecular flexibility index (Phi) is 7.55. The molecule has 1 aromatic rings. The maximum Gasteiger partial charge on any atom is 0.229 e. The highest BCUT2D eigenvalue weighted by Gasteiger charge is 2.07. The number of sulfonamides is 1. The predicted octanol–water partition coefficient (Wildman–Crippen LogP) is 1.34. The van der Waals surface area contributed by atoms with Crippen LogP contribution in [-0.4, -0.2) is 34.2 Å². The first kappa shape index (κ1) is 18.7. The molecule has 0 aliphatic rings. The summed E-state index contributed by atoms with van der Waals surface area (Å²) in [6, 6.07) is 5.09. The molecule has 0 atom stereocenters. The summed E-state index contributed by atoms with van der Waals surface area (Å²) in [7, 11) is -1.56. The van der Waals surface area contributed by atoms with Gasteiger partial charge in [-0.1, -0.05) is 6.07 Å². The lowest BCUT2D eigenvalue weighted by Crippen LogP contribution is -2.19. The highest BCUT2D eigenvalue weighted by atomic mass is 35.5. The van der Waals surface area contributed by atoms with Crippen molar-refractivity contribution in [3.05, 3.63) is 23.8 Å². The van der Waals surface area contributed by atoms with E-state index < -0.39 is 10.0 Å². The van der Waals surface area contributed by atoms with Crippen molar-refractivity contribution in [3.63, 3.8) is 0 Å². The van der Waals surface area contributed by atoms with Gasteiger partial charge in [-0.3, -0.25) is 9.52 Å². The summed E-state index contributed by atoms with van der Waals surface area (Å²) in [5, 5.41) is 5.60. The van der Waals surface area contributed by atoms with Gasteiger partial charge in [0.05, 0.1) is 11.9 Å². The van der Waals surface area contributed by atoms with E-state index in [0.717, 1.165) is 11.8 Å². The Hall–Kier alpha value is -1.31. The van der Waals surface area contributed by atoms with Gasteiger partial charge in [-0.05, 0) is 31.7 Å². The maximum atomic E-state index is 11.6. The smallest absolute Gasteiger partial charge is 0.229 e. The Morgan fingerprint density at radius 1 is 1.30 bits per heavy atom. The van der Waals surface area contributed by atoms with Crippen LogP contribution in [-0.2, 0) is 14.8 Å². The number of anilines is 2. The number of hydrogen-bond acceptors (Lipinski definition) is 4. The van der Waals surface area contributed by atoms with Gasteiger partial charge in [-0.2, -0.15) is 0 Å². The lowest BCUT2D eigenvalue weighted by molar-refractivity contribution is -0.116. The van der Waals surface area contributed by atoms with Gasteiger partial charge in [0.15, 0.2) is 0 Å². The van der Waals surface area contributed by atoms with Gasteiger partial charge in [0.1, 0.15) is 0 Å². The van der Waals surface area contributed by atoms with E-state index in [-0.39, 0.29) is 18.3 Å². The van der Waals surface area contributed by atoms with E-state index in [9.17, 15) is 13.2 Å². The van der Waals surface area contributed by atoms with E-state index in [2.05, 4.69) is 15.4 Å². The van der Waals surface area contributed by atoms with Crippen LogP contribution < -0.4 is 15.4 Å². The molecular weight excluding hydrogens is 302 g/mol. The number of carbonyl (C=O) groups is 1. The van der Waals surface area contributed by atoms with Crippen molar-refractivity contribution in [3.8, 4) is 0 Å². The SMILES string of the molecule is CNCCC(=O)Nc1ccc(C)c(NS(C)(=O)=O)c1.Cl. The number of amides is 1. The first-order chi connectivity index (χ1) is 8.81. The fourth-order valence-corrected chi connectivity index (χ4v) is 2.09. The van der Waals surface area contributed by atoms with E-state index in [1.54, 1.807) is 32.2 Å². The van der Waals surface area contributed by atoms with Crippen LogP contribution in [0.3, 0.4) is 0 Å². The van der Waals surface area contributed by atoms with Gasteiger partial charge < -0.3 is 10.6 Å². The van der Waals surface area contributed by atoms with Crippen molar-refractivity contribution in [1.29, 1.82) is 0 Å². The van der Waals surface area contributed by atoms with Crippen molar-refractivity contribution >= 4 is 39.7 Å². The maximum absolute atomic E-state index is 11.6. The fourth-order valence-electron chi connectivity index (χ4n) is 1.47. The molecule has 20 heavy (non-hydrogen) atoms. The van der Waals surface area contributed by atoms with E-state index >= 15 is 0 Å². The van der Waals surface area contributed by atoms with Crippen molar-refractivity contribution in [2.24, 2.45) is 0 Å². The lowest BCUT2D eigenvalue weighted by atomic mass is 10.2. The molecule has 0 heterocycles. The average Bonchev–Trinajstić information content (AvgIpc) is 2.29. The number of nitrogens with one attached hydrogen (secondary N) is 3. The van der Waals surface area contributed by atoms with Crippen LogP contribution in [0.5, 0.6) is 0 Å². The Morgan fingerprint density at radius 3 is 2.50 bits per heavy atom. The molecule has 1 amide bonds. The molecular formula is C12H20ClN3O3S. The molecule has 0 unspecified atom stereocenters. The third kappa shape index (κ3) is 6.74. The number of aryl methyl sites for hydroxylation is 1. The highest BCUT2D eigenvalue weighted by molar-refractivity contribution is 7.92. The van der Waals surface area contributed by atoms with Crippen LogP contribution in [0.1, 0.15) is 12.0 Å². The second-order valence-corrected chi connectivity index (χ2v) is 6.05. The molecule has 0 aromatic heterocycles. The van der Waals surface area contributed by atoms with Crippen LogP contribution in [0.4, 0.5) is 11.4 Å². The van der Waals surface area contributed by atoms with Gasteiger partial charge in [0.25, 0.3) is 0 Å². The fraction of sp³-hybridized carbons (Fsp3) is 0.417. The molecule has 1 aromatic carbocycles. The van der Waals surface area contributed by atoms with E-state index in [0.29, 0.717) is 24.3 Å². The molecule has 0 spiro atoms. The molecule has 0 saturated carbocycles. The van der Waals surface area contributed by atoms with Gasteiger partial charge in [-0.15, -0.1) is 12.4 Å². The molecule has 0 radical (unpaired) electrons. The van der Waals surface area contributed by atoms with Crippen molar-refractivity contribution < 1.29 is 13.2 Å². The Bertz CT molecular complexity index is 561. The Morgan fingerprint density at radius 2 is 1.95 bits per heavy atom. The average molecular weight is 322 g/mol. The number of carbonyl (C=O) groups excluding carboxylic acids is 1. The monoisotopic (exact) mass is 321 g/mol. The first-order valence-corrected chi connectivity index (χ1v) is 7.74. The zero-order valence-electron chi connectivity index (χ0n) is 11.7. The van der Waals surface area contributed by atoms with Crippen LogP contribution in [0.15, 0.2) is 18.2 Å². The molecule has 0 aliphatic carbocycles. The van der Waals surface area contributed by atoms with E-state index in [4.69, 9.17) is 0 Å². The minimum absolute atomic E-state index is 0. The summed E-state index contributed by atoms with van der Waals surface area (Å²) in [6.45, 7) is 2.38. The second-order valence-electron chi connectivity index (χ2n) is 4.31. The van der Waals surface area contributed by atoms with Crippen LogP contribution in [0.25, 0.3) is 0 Å². The van der Waals surface area contributed by atoms with Crippen molar-refractivity contribution in [2.45, 2.75) is 13.3 Å². The normalized spacial score (nSPS) is 10.6. The summed E-state index contributed by atoms with van der Waals surface area (Å²) < 4.78 is 24.9. The highest BCUT2D eigenvalue weighted by Crippen LogP contribution is 2.21. The minimum atomic E-state index is -3.33. The minimum Gasteiger partial charge on any atom is -0.326 e. The quantitative estimate of drug-likeness (QED) is 0.738. The zero-order valence-corrected chi connectivity index (χ0v) is 13.3. The lowest BCUT2D eigenvalue weighted by Gasteiger charge is -2.11. The Labute approximate surface area is 125 Å². The van der Waals surface area contributed by atoms with E-state index in [1.165, 1.54) is 0 Å². The third-order valence-corrected chi connectivity index (χ3v) is 3.01. The number of rotatable bonds is 6. The predicted molar refractivity (Wildman–Crippen MR) is 84.1 cm³/mol. The summed E-state index contributed by atoms with van der Waals surface area (Å²) in [4.78, 5) is 11.6. The van der Waals surface area contributed by atoms with Gasteiger partial charge in [-0.25, -0.2) is 8.42 Å². The first-order valence-electron chi connectivity index (χ1n) is 5.84. The molecule has 0 fully saturated rings. The summed E-state index contributed by atoms with van der Waals surface area (Å²) in [5.41, 5.74) is 1.82. The largest absolute Gasteiger partial charge is 0.326 e. The Balaban J connectivity index is 0.00000361. The molecule has 1 rings (SSSR count). The molecule has 0 bridgehead atoms. The van der Waals surface area contributed by atoms with Crippen LogP contribution >= 0.6 is 12.4 Å². The summed E-state index contributed by atoms with van der Waals surface area (Å²) in [5.74, 6) is -0.122. The number of benzene rings is 1. The van der Waals surface area contributed by atoms with Crippen molar-refractivity contribution in [2.75, 3.05) is 29.9 Å². The molecule has 0 aliphatic heterocycles. The van der Waals surface area contributed by atoms with Crippen LogP contribution in [0.2, 0.25) is 0 Å². The molecule has 8 heteroatoms. The van der Waals surface area contributed by atoms with Crippen molar-refractivity contribution in [1.82, 2.24) is 5.32 Å². The molecule has 114 valence electrons. The molecule has 3 N–H and O–H groups in total. The van der Waals surface area contributed by atoms with Gasteiger partial charge >= 0.3 is 0 Å². The third-order valence-electron chi connectivity index (χ3n) is 2.42. The van der Waals surface area contributed by atoms with Gasteiger partial charge in [0, 0.05) is 18.7 Å². The summed E-state index contributed by atoms with van der Waals surface area (Å²) in [6.07, 6.45) is 1.45. The zero-order chi connectivity index (χ0) is 14.5. The summed E-state index contributed by atoms with van der Waals surface area (Å²) >= 11 is 0.